The molecule has 9 heteroatoms. The van der Waals surface area contributed by atoms with Gasteiger partial charge in [0.1, 0.15) is 11.8 Å². The number of nitrogens with zero attached hydrogens (tertiary/aromatic N) is 5. The number of benzene rings is 2. The number of ether oxygens (including phenoxy) is 1. The average Bonchev–Trinajstić information content (AvgIpc) is 3.40. The molecule has 0 aliphatic heterocycles. The molecule has 2 aromatic carbocycles. The molecule has 0 aliphatic rings. The molecule has 2 aromatic heterocycles. The summed E-state index contributed by atoms with van der Waals surface area (Å²) >= 11 is 0. The maximum Gasteiger partial charge on any atom is 0.303 e. The zero-order valence-corrected chi connectivity index (χ0v) is 18.6. The van der Waals surface area contributed by atoms with E-state index in [2.05, 4.69) is 21.3 Å². The average molecular weight is 445 g/mol. The number of rotatable bonds is 8. The summed E-state index contributed by atoms with van der Waals surface area (Å²) in [6, 6.07) is 11.3. The first-order valence-electron chi connectivity index (χ1n) is 10.6. The molecule has 0 fully saturated rings. The fourth-order valence-corrected chi connectivity index (χ4v) is 3.59. The minimum Gasteiger partial charge on any atom is -0.490 e. The van der Waals surface area contributed by atoms with Crippen LogP contribution in [0.15, 0.2) is 41.1 Å². The summed E-state index contributed by atoms with van der Waals surface area (Å²) in [6.45, 7) is 6.28. The van der Waals surface area contributed by atoms with Gasteiger partial charge >= 0.3 is 5.97 Å². The molecule has 0 bridgehead atoms. The highest BCUT2D eigenvalue weighted by atomic mass is 16.5. The molecule has 0 spiro atoms. The Morgan fingerprint density at radius 1 is 1.30 bits per heavy atom. The van der Waals surface area contributed by atoms with Crippen molar-refractivity contribution in [3.8, 4) is 34.7 Å². The molecule has 2 heterocycles. The summed E-state index contributed by atoms with van der Waals surface area (Å²) in [7, 11) is 0. The predicted octanol–water partition coefficient (Wildman–Crippen LogP) is 4.59. The summed E-state index contributed by atoms with van der Waals surface area (Å²) in [6.07, 6.45) is 2.30. The number of aliphatic carboxylic acids is 1. The molecular formula is C24H23N5O4. The number of aryl methyl sites for hydroxylation is 2. The summed E-state index contributed by atoms with van der Waals surface area (Å²) < 4.78 is 13.0. The molecule has 0 atom stereocenters. The van der Waals surface area contributed by atoms with E-state index in [0.717, 1.165) is 22.0 Å². The van der Waals surface area contributed by atoms with Gasteiger partial charge in [-0.1, -0.05) is 5.16 Å². The Hall–Kier alpha value is -4.19. The van der Waals surface area contributed by atoms with Gasteiger partial charge in [-0.25, -0.2) is 0 Å². The molecule has 168 valence electrons. The maximum atomic E-state index is 10.8. The Morgan fingerprint density at radius 3 is 2.85 bits per heavy atom. The first-order valence-corrected chi connectivity index (χ1v) is 10.6. The third kappa shape index (κ3) is 4.70. The van der Waals surface area contributed by atoms with Gasteiger partial charge in [-0.05, 0) is 63.1 Å². The van der Waals surface area contributed by atoms with E-state index in [1.807, 2.05) is 32.9 Å². The van der Waals surface area contributed by atoms with Crippen molar-refractivity contribution in [2.75, 3.05) is 0 Å². The van der Waals surface area contributed by atoms with Crippen LogP contribution in [-0.2, 0) is 11.3 Å². The van der Waals surface area contributed by atoms with E-state index in [0.29, 0.717) is 41.6 Å². The number of nitriles is 1. The van der Waals surface area contributed by atoms with Crippen LogP contribution < -0.4 is 4.74 Å². The second kappa shape index (κ2) is 9.12. The molecule has 9 nitrogen and oxygen atoms in total. The Kier molecular flexibility index (Phi) is 6.09. The Morgan fingerprint density at radius 2 is 2.12 bits per heavy atom. The van der Waals surface area contributed by atoms with Crippen LogP contribution >= 0.6 is 0 Å². The van der Waals surface area contributed by atoms with Crippen molar-refractivity contribution in [3.63, 3.8) is 0 Å². The van der Waals surface area contributed by atoms with Gasteiger partial charge in [-0.3, -0.25) is 9.48 Å². The van der Waals surface area contributed by atoms with E-state index in [-0.39, 0.29) is 12.5 Å². The van der Waals surface area contributed by atoms with E-state index < -0.39 is 5.97 Å². The van der Waals surface area contributed by atoms with Crippen molar-refractivity contribution in [3.05, 3.63) is 47.7 Å². The molecule has 0 amide bonds. The van der Waals surface area contributed by atoms with Gasteiger partial charge in [0, 0.05) is 29.5 Å². The minimum absolute atomic E-state index is 0.0441. The largest absolute Gasteiger partial charge is 0.490 e. The zero-order valence-electron chi connectivity index (χ0n) is 18.6. The molecule has 33 heavy (non-hydrogen) atoms. The zero-order chi connectivity index (χ0) is 23.5. The second-order valence-corrected chi connectivity index (χ2v) is 8.00. The summed E-state index contributed by atoms with van der Waals surface area (Å²) in [5.41, 5.74) is 3.70. The molecule has 0 saturated heterocycles. The summed E-state index contributed by atoms with van der Waals surface area (Å²) in [4.78, 5) is 15.3. The normalized spacial score (nSPS) is 11.1. The lowest BCUT2D eigenvalue weighted by Crippen LogP contribution is -2.06. The van der Waals surface area contributed by atoms with Crippen LogP contribution in [0.5, 0.6) is 5.75 Å². The van der Waals surface area contributed by atoms with Crippen LogP contribution in [0.25, 0.3) is 33.7 Å². The van der Waals surface area contributed by atoms with E-state index >= 15 is 0 Å². The third-order valence-electron chi connectivity index (χ3n) is 5.13. The van der Waals surface area contributed by atoms with Crippen LogP contribution in [-0.4, -0.2) is 37.1 Å². The van der Waals surface area contributed by atoms with Crippen LogP contribution in [0.1, 0.15) is 37.8 Å². The van der Waals surface area contributed by atoms with Crippen molar-refractivity contribution in [2.24, 2.45) is 0 Å². The minimum atomic E-state index is -0.818. The Bertz CT molecular complexity index is 1360. The molecule has 0 unspecified atom stereocenters. The molecule has 4 rings (SSSR count). The van der Waals surface area contributed by atoms with E-state index in [1.165, 1.54) is 0 Å². The van der Waals surface area contributed by atoms with Crippen molar-refractivity contribution in [1.29, 1.82) is 5.26 Å². The summed E-state index contributed by atoms with van der Waals surface area (Å²) in [5, 5.41) is 27.7. The highest BCUT2D eigenvalue weighted by Crippen LogP contribution is 2.30. The van der Waals surface area contributed by atoms with E-state index in [1.54, 1.807) is 29.1 Å². The quantitative estimate of drug-likeness (QED) is 0.417. The molecule has 0 aliphatic carbocycles. The number of carbonyl (C=O) groups is 1. The standard InChI is InChI=1S/C24H23N5O4/c1-14(2)32-21-7-6-16(10-17(21)12-25)24-27-23(28-33-24)19-11-18-13-26-29(8-4-5-22(30)31)20(18)9-15(19)3/h6-7,9-11,13-14H,4-5,8H2,1-3H3,(H,30,31). The number of hydrogen-bond donors (Lipinski definition) is 1. The third-order valence-corrected chi connectivity index (χ3v) is 5.13. The highest BCUT2D eigenvalue weighted by molar-refractivity contribution is 5.85. The van der Waals surface area contributed by atoms with Gasteiger partial charge in [-0.15, -0.1) is 0 Å². The van der Waals surface area contributed by atoms with E-state index in [4.69, 9.17) is 14.4 Å². The number of hydrogen-bond acceptors (Lipinski definition) is 7. The lowest BCUT2D eigenvalue weighted by molar-refractivity contribution is -0.137. The van der Waals surface area contributed by atoms with Crippen molar-refractivity contribution in [2.45, 2.75) is 46.3 Å². The van der Waals surface area contributed by atoms with E-state index in [9.17, 15) is 10.1 Å². The Balaban J connectivity index is 1.62. The smallest absolute Gasteiger partial charge is 0.303 e. The fourth-order valence-electron chi connectivity index (χ4n) is 3.59. The van der Waals surface area contributed by atoms with Gasteiger partial charge in [0.25, 0.3) is 5.89 Å². The van der Waals surface area contributed by atoms with Crippen molar-refractivity contribution >= 4 is 16.9 Å². The predicted molar refractivity (Wildman–Crippen MR) is 121 cm³/mol. The van der Waals surface area contributed by atoms with Crippen LogP contribution in [0.3, 0.4) is 0 Å². The van der Waals surface area contributed by atoms with Crippen LogP contribution in [0.4, 0.5) is 0 Å². The van der Waals surface area contributed by atoms with Crippen molar-refractivity contribution < 1.29 is 19.2 Å². The van der Waals surface area contributed by atoms with Gasteiger partial charge in [-0.2, -0.15) is 15.3 Å². The monoisotopic (exact) mass is 445 g/mol. The van der Waals surface area contributed by atoms with Gasteiger partial charge < -0.3 is 14.4 Å². The lowest BCUT2D eigenvalue weighted by atomic mass is 10.1. The summed E-state index contributed by atoms with van der Waals surface area (Å²) in [5.74, 6) is 0.435. The molecular weight excluding hydrogens is 422 g/mol. The topological polar surface area (TPSA) is 127 Å². The van der Waals surface area contributed by atoms with Crippen LogP contribution in [0, 0.1) is 18.3 Å². The lowest BCUT2D eigenvalue weighted by Gasteiger charge is -2.11. The number of carboxylic acids is 1. The molecule has 0 radical (unpaired) electrons. The Labute approximate surface area is 190 Å². The number of carboxylic acid groups (broad SMARTS) is 1. The van der Waals surface area contributed by atoms with Crippen molar-refractivity contribution in [1.82, 2.24) is 19.9 Å². The van der Waals surface area contributed by atoms with Crippen LogP contribution in [0.2, 0.25) is 0 Å². The molecule has 0 saturated carbocycles. The number of aromatic nitrogens is 4. The molecule has 4 aromatic rings. The highest BCUT2D eigenvalue weighted by Gasteiger charge is 2.17. The van der Waals surface area contributed by atoms with Gasteiger partial charge in [0.2, 0.25) is 5.82 Å². The first-order chi connectivity index (χ1) is 15.9. The maximum absolute atomic E-state index is 10.8. The fraction of sp³-hybridized carbons (Fsp3) is 0.292. The number of fused-ring (bicyclic) bond motifs is 1. The first kappa shape index (κ1) is 22.0. The van der Waals surface area contributed by atoms with Gasteiger partial charge in [0.15, 0.2) is 0 Å². The second-order valence-electron chi connectivity index (χ2n) is 8.00. The SMILES string of the molecule is Cc1cc2c(cnn2CCCC(=O)O)cc1-c1noc(-c2ccc(OC(C)C)c(C#N)c2)n1. The molecule has 1 N–H and O–H groups in total. The van der Waals surface area contributed by atoms with Gasteiger partial charge in [0.05, 0.1) is 23.4 Å².